The van der Waals surface area contributed by atoms with E-state index in [9.17, 15) is 13.2 Å². The number of guanidine groups is 1. The highest BCUT2D eigenvalue weighted by molar-refractivity contribution is 7.90. The average Bonchev–Trinajstić information content (AvgIpc) is 2.42. The van der Waals surface area contributed by atoms with Gasteiger partial charge in [0.15, 0.2) is 15.8 Å². The summed E-state index contributed by atoms with van der Waals surface area (Å²) in [5.74, 6) is -1.03. The molecule has 1 amide bonds. The number of aliphatic imine (C=N–C) groups is 1. The summed E-state index contributed by atoms with van der Waals surface area (Å²) in [6.07, 6.45) is 7.49. The highest BCUT2D eigenvalue weighted by atomic mass is 32.2. The first kappa shape index (κ1) is 17.9. The normalized spacial score (nSPS) is 11.5. The van der Waals surface area contributed by atoms with Gasteiger partial charge in [-0.3, -0.25) is 4.79 Å². The molecule has 0 saturated heterocycles. The average molecular weight is 323 g/mol. The van der Waals surface area contributed by atoms with Gasteiger partial charge in [0.25, 0.3) is 5.91 Å². The summed E-state index contributed by atoms with van der Waals surface area (Å²) in [6.45, 7) is 2.07. The molecule has 0 aliphatic heterocycles. The van der Waals surface area contributed by atoms with Gasteiger partial charge in [0.2, 0.25) is 0 Å². The number of rotatable bonds is 6. The van der Waals surface area contributed by atoms with Crippen LogP contribution in [0.5, 0.6) is 0 Å². The molecule has 0 heterocycles. The zero-order valence-corrected chi connectivity index (χ0v) is 13.6. The van der Waals surface area contributed by atoms with Crippen molar-refractivity contribution in [3.8, 4) is 0 Å². The Morgan fingerprint density at radius 3 is 2.50 bits per heavy atom. The minimum absolute atomic E-state index is 0.116. The number of unbranched alkanes of at least 4 members (excludes halogenated alkanes) is 1. The van der Waals surface area contributed by atoms with Crippen molar-refractivity contribution < 1.29 is 13.2 Å². The second-order valence-electron chi connectivity index (χ2n) is 4.90. The van der Waals surface area contributed by atoms with E-state index in [0.29, 0.717) is 12.0 Å². The molecule has 1 aromatic rings. The minimum atomic E-state index is -3.46. The van der Waals surface area contributed by atoms with Crippen LogP contribution >= 0.6 is 0 Å². The summed E-state index contributed by atoms with van der Waals surface area (Å²) in [5.41, 5.74) is 11.1. The van der Waals surface area contributed by atoms with Crippen LogP contribution in [0.2, 0.25) is 0 Å². The number of amides is 1. The number of benzene rings is 1. The Morgan fingerprint density at radius 2 is 1.95 bits per heavy atom. The first-order chi connectivity index (χ1) is 10.3. The Hall–Kier alpha value is -2.15. The number of nitrogens with two attached hydrogens (primary N) is 2. The van der Waals surface area contributed by atoms with Crippen molar-refractivity contribution in [1.82, 2.24) is 0 Å². The van der Waals surface area contributed by atoms with Crippen molar-refractivity contribution in [2.24, 2.45) is 16.5 Å². The Morgan fingerprint density at radius 1 is 1.27 bits per heavy atom. The molecule has 0 aliphatic carbocycles. The molecule has 120 valence electrons. The van der Waals surface area contributed by atoms with Crippen LogP contribution in [-0.4, -0.2) is 26.5 Å². The molecule has 22 heavy (non-hydrogen) atoms. The van der Waals surface area contributed by atoms with Gasteiger partial charge < -0.3 is 11.5 Å². The van der Waals surface area contributed by atoms with Crippen molar-refractivity contribution in [1.29, 1.82) is 0 Å². The second kappa shape index (κ2) is 7.74. The van der Waals surface area contributed by atoms with Gasteiger partial charge in [-0.15, -0.1) is 0 Å². The smallest absolute Gasteiger partial charge is 0.280 e. The zero-order chi connectivity index (χ0) is 16.8. The summed E-state index contributed by atoms with van der Waals surface area (Å²) < 4.78 is 23.8. The summed E-state index contributed by atoms with van der Waals surface area (Å²) in [7, 11) is -3.46. The lowest BCUT2D eigenvalue weighted by atomic mass is 10.1. The summed E-state index contributed by atoms with van der Waals surface area (Å²) in [5, 5.41) is 0. The highest BCUT2D eigenvalue weighted by Gasteiger charge is 2.16. The molecule has 4 N–H and O–H groups in total. The molecule has 0 radical (unpaired) electrons. The Balaban J connectivity index is 3.20. The highest BCUT2D eigenvalue weighted by Crippen LogP contribution is 2.19. The number of sulfone groups is 1. The third-order valence-electron chi connectivity index (χ3n) is 2.90. The third kappa shape index (κ3) is 5.33. The van der Waals surface area contributed by atoms with Gasteiger partial charge >= 0.3 is 0 Å². The zero-order valence-electron chi connectivity index (χ0n) is 12.7. The summed E-state index contributed by atoms with van der Waals surface area (Å²) >= 11 is 0. The van der Waals surface area contributed by atoms with E-state index in [0.717, 1.165) is 19.1 Å². The van der Waals surface area contributed by atoms with Crippen molar-refractivity contribution >= 4 is 21.7 Å². The number of allylic oxidation sites excluding steroid dienone is 2. The predicted octanol–water partition coefficient (Wildman–Crippen LogP) is 1.40. The molecule has 7 heteroatoms. The first-order valence-electron chi connectivity index (χ1n) is 6.87. The van der Waals surface area contributed by atoms with Gasteiger partial charge in [-0.25, -0.2) is 8.42 Å². The fourth-order valence-corrected chi connectivity index (χ4v) is 2.85. The standard InChI is InChI=1S/C15H21N3O3S/c1-3-4-5-6-7-11-8-9-12(14(19)18-15(16)17)10-13(11)22(2,20)21/h5-6,8-10H,3-4,7H2,1-2H3,(H4,16,17,18,19)/b6-5+. The largest absolute Gasteiger partial charge is 0.370 e. The molecular formula is C15H21N3O3S. The van der Waals surface area contributed by atoms with E-state index in [1.807, 2.05) is 12.2 Å². The maximum Gasteiger partial charge on any atom is 0.280 e. The maximum atomic E-state index is 11.9. The summed E-state index contributed by atoms with van der Waals surface area (Å²) in [6, 6.07) is 4.45. The molecule has 1 rings (SSSR count). The number of hydrogen-bond donors (Lipinski definition) is 2. The Bertz CT molecular complexity index is 703. The van der Waals surface area contributed by atoms with Crippen LogP contribution in [0.15, 0.2) is 40.2 Å². The molecule has 0 aliphatic rings. The quantitative estimate of drug-likeness (QED) is 0.466. The van der Waals surface area contributed by atoms with Crippen molar-refractivity contribution in [3.63, 3.8) is 0 Å². The van der Waals surface area contributed by atoms with Crippen molar-refractivity contribution in [2.45, 2.75) is 31.1 Å². The van der Waals surface area contributed by atoms with Gasteiger partial charge in [0.1, 0.15) is 0 Å². The van der Waals surface area contributed by atoms with Crippen LogP contribution in [0.3, 0.4) is 0 Å². The number of carbonyl (C=O) groups excluding carboxylic acids is 1. The van der Waals surface area contributed by atoms with Gasteiger partial charge in [0, 0.05) is 11.8 Å². The lowest BCUT2D eigenvalue weighted by Gasteiger charge is -2.08. The molecule has 0 spiro atoms. The fraction of sp³-hybridized carbons (Fsp3) is 0.333. The van der Waals surface area contributed by atoms with Gasteiger partial charge in [-0.2, -0.15) is 4.99 Å². The predicted molar refractivity (Wildman–Crippen MR) is 87.4 cm³/mol. The molecular weight excluding hydrogens is 302 g/mol. The molecule has 0 aromatic heterocycles. The van der Waals surface area contributed by atoms with Gasteiger partial charge in [-0.05, 0) is 30.5 Å². The van der Waals surface area contributed by atoms with Crippen molar-refractivity contribution in [2.75, 3.05) is 6.26 Å². The lowest BCUT2D eigenvalue weighted by Crippen LogP contribution is -2.24. The first-order valence-corrected chi connectivity index (χ1v) is 8.76. The van der Waals surface area contributed by atoms with E-state index in [2.05, 4.69) is 11.9 Å². The number of carbonyl (C=O) groups is 1. The van der Waals surface area contributed by atoms with E-state index in [1.54, 1.807) is 6.07 Å². The van der Waals surface area contributed by atoms with Crippen molar-refractivity contribution in [3.05, 3.63) is 41.5 Å². The topological polar surface area (TPSA) is 116 Å². The number of nitrogens with zero attached hydrogens (tertiary/aromatic N) is 1. The molecule has 0 unspecified atom stereocenters. The van der Waals surface area contributed by atoms with Crippen LogP contribution in [0.25, 0.3) is 0 Å². The van der Waals surface area contributed by atoms with E-state index in [4.69, 9.17) is 11.5 Å². The second-order valence-corrected chi connectivity index (χ2v) is 6.88. The molecule has 0 fully saturated rings. The molecule has 1 aromatic carbocycles. The monoisotopic (exact) mass is 323 g/mol. The molecule has 6 nitrogen and oxygen atoms in total. The van der Waals surface area contributed by atoms with Crippen LogP contribution in [0.1, 0.15) is 35.7 Å². The molecule has 0 atom stereocenters. The Kier molecular flexibility index (Phi) is 6.30. The molecule has 0 saturated carbocycles. The number of hydrogen-bond acceptors (Lipinski definition) is 3. The Labute approximate surface area is 130 Å². The van der Waals surface area contributed by atoms with Crippen LogP contribution < -0.4 is 11.5 Å². The van der Waals surface area contributed by atoms with E-state index < -0.39 is 15.7 Å². The van der Waals surface area contributed by atoms with E-state index >= 15 is 0 Å². The van der Waals surface area contributed by atoms with E-state index in [1.165, 1.54) is 12.1 Å². The van der Waals surface area contributed by atoms with Crippen LogP contribution in [0.4, 0.5) is 0 Å². The lowest BCUT2D eigenvalue weighted by molar-refractivity contribution is 0.100. The van der Waals surface area contributed by atoms with E-state index in [-0.39, 0.29) is 16.4 Å². The summed E-state index contributed by atoms with van der Waals surface area (Å²) in [4.78, 5) is 15.3. The van der Waals surface area contributed by atoms with Crippen LogP contribution in [0, 0.1) is 0 Å². The minimum Gasteiger partial charge on any atom is -0.370 e. The fourth-order valence-electron chi connectivity index (χ4n) is 1.88. The third-order valence-corrected chi connectivity index (χ3v) is 4.08. The van der Waals surface area contributed by atoms with Gasteiger partial charge in [0.05, 0.1) is 4.90 Å². The molecule has 0 bridgehead atoms. The van der Waals surface area contributed by atoms with Crippen LogP contribution in [-0.2, 0) is 16.3 Å². The SMILES string of the molecule is CCC/C=C/Cc1ccc(C(=O)N=C(N)N)cc1S(C)(=O)=O. The van der Waals surface area contributed by atoms with Gasteiger partial charge in [-0.1, -0.05) is 31.6 Å². The maximum absolute atomic E-state index is 11.9.